The monoisotopic (exact) mass is 525 g/mol. The minimum absolute atomic E-state index is 0.0346. The zero-order valence-corrected chi connectivity index (χ0v) is 20.7. The van der Waals surface area contributed by atoms with Gasteiger partial charge in [-0.3, -0.25) is 0 Å². The fourth-order valence-electron chi connectivity index (χ4n) is 3.22. The average Bonchev–Trinajstić information content (AvgIpc) is 3.41. The molecule has 0 radical (unpaired) electrons. The van der Waals surface area contributed by atoms with Crippen molar-refractivity contribution in [1.29, 1.82) is 0 Å². The molecule has 0 saturated carbocycles. The summed E-state index contributed by atoms with van der Waals surface area (Å²) in [5, 5.41) is 5.55. The average molecular weight is 526 g/mol. The summed E-state index contributed by atoms with van der Waals surface area (Å²) < 4.78 is 63.7. The Morgan fingerprint density at radius 1 is 1.15 bits per heavy atom. The second kappa shape index (κ2) is 10.3. The lowest BCUT2D eigenvalue weighted by Crippen LogP contribution is -2.18. The van der Waals surface area contributed by atoms with Gasteiger partial charge in [0.15, 0.2) is 36.4 Å². The molecule has 10 nitrogen and oxygen atoms in total. The summed E-state index contributed by atoms with van der Waals surface area (Å²) in [4.78, 5) is 8.75. The van der Waals surface area contributed by atoms with Crippen molar-refractivity contribution in [2.45, 2.75) is 17.4 Å². The SMILES string of the molecule is CS(=O)(=O)c1ccc(Oc2cnc(Nc3nccs3)c(OCCOC3CCS(=O)(=O)C3)c2)cc1. The standard InChI is InChI=1S/C21H23N3O7S3/c1-33(25,26)18-4-2-15(3-5-18)31-17-12-19(20(23-13-17)24-21-22-7-10-32-21)30-9-8-29-16-6-11-34(27,28)14-16/h2-5,7,10,12-13,16H,6,8-9,11,14H2,1H3,(H,22,23,24). The van der Waals surface area contributed by atoms with E-state index in [1.165, 1.54) is 29.7 Å². The van der Waals surface area contributed by atoms with Gasteiger partial charge in [0.25, 0.3) is 0 Å². The smallest absolute Gasteiger partial charge is 0.188 e. The quantitative estimate of drug-likeness (QED) is 0.394. The van der Waals surface area contributed by atoms with Crippen molar-refractivity contribution >= 4 is 42.0 Å². The van der Waals surface area contributed by atoms with Gasteiger partial charge in [-0.25, -0.2) is 26.8 Å². The lowest BCUT2D eigenvalue weighted by molar-refractivity contribution is 0.0489. The third kappa shape index (κ3) is 6.65. The number of benzene rings is 1. The molecule has 2 aromatic heterocycles. The van der Waals surface area contributed by atoms with Gasteiger partial charge in [0.05, 0.1) is 35.3 Å². The van der Waals surface area contributed by atoms with Crippen molar-refractivity contribution in [3.8, 4) is 17.2 Å². The van der Waals surface area contributed by atoms with Gasteiger partial charge in [0.1, 0.15) is 18.1 Å². The number of ether oxygens (including phenoxy) is 3. The lowest BCUT2D eigenvalue weighted by atomic mass is 10.3. The van der Waals surface area contributed by atoms with Gasteiger partial charge in [-0.2, -0.15) is 0 Å². The molecule has 3 aromatic rings. The van der Waals surface area contributed by atoms with E-state index in [-0.39, 0.29) is 35.7 Å². The van der Waals surface area contributed by atoms with E-state index in [0.29, 0.717) is 34.6 Å². The van der Waals surface area contributed by atoms with Crippen molar-refractivity contribution < 1.29 is 31.0 Å². The molecule has 1 atom stereocenters. The highest BCUT2D eigenvalue weighted by Gasteiger charge is 2.28. The predicted molar refractivity (Wildman–Crippen MR) is 128 cm³/mol. The van der Waals surface area contributed by atoms with Crippen molar-refractivity contribution in [2.24, 2.45) is 0 Å². The van der Waals surface area contributed by atoms with Gasteiger partial charge in [-0.05, 0) is 30.7 Å². The van der Waals surface area contributed by atoms with Gasteiger partial charge < -0.3 is 19.5 Å². The van der Waals surface area contributed by atoms with E-state index < -0.39 is 19.7 Å². The van der Waals surface area contributed by atoms with E-state index in [1.54, 1.807) is 24.4 Å². The highest BCUT2D eigenvalue weighted by atomic mass is 32.2. The number of anilines is 2. The van der Waals surface area contributed by atoms with Crippen LogP contribution in [0.25, 0.3) is 0 Å². The third-order valence-corrected chi connectivity index (χ3v) is 8.41. The maximum absolute atomic E-state index is 11.6. The number of nitrogens with one attached hydrogen (secondary N) is 1. The Bertz CT molecular complexity index is 1330. The molecule has 0 spiro atoms. The van der Waals surface area contributed by atoms with Gasteiger partial charge in [0.2, 0.25) is 0 Å². The van der Waals surface area contributed by atoms with Crippen LogP contribution in [0, 0.1) is 0 Å². The molecule has 1 saturated heterocycles. The Morgan fingerprint density at radius 2 is 1.94 bits per heavy atom. The number of pyridine rings is 1. The summed E-state index contributed by atoms with van der Waals surface area (Å²) in [5.74, 6) is 1.82. The van der Waals surface area contributed by atoms with Crippen molar-refractivity contribution in [3.63, 3.8) is 0 Å². The first-order valence-corrected chi connectivity index (χ1v) is 14.9. The number of hydrogen-bond acceptors (Lipinski definition) is 11. The molecule has 1 N–H and O–H groups in total. The Labute approximate surface area is 201 Å². The van der Waals surface area contributed by atoms with Crippen LogP contribution in [0.4, 0.5) is 10.9 Å². The molecule has 1 aliphatic heterocycles. The van der Waals surface area contributed by atoms with Crippen LogP contribution in [0.3, 0.4) is 0 Å². The van der Waals surface area contributed by atoms with E-state index in [9.17, 15) is 16.8 Å². The van der Waals surface area contributed by atoms with Crippen molar-refractivity contribution in [1.82, 2.24) is 9.97 Å². The van der Waals surface area contributed by atoms with Crippen LogP contribution < -0.4 is 14.8 Å². The van der Waals surface area contributed by atoms with Crippen LogP contribution in [0.5, 0.6) is 17.2 Å². The molecule has 13 heteroatoms. The van der Waals surface area contributed by atoms with Crippen LogP contribution in [0.2, 0.25) is 0 Å². The molecule has 3 heterocycles. The maximum atomic E-state index is 11.6. The summed E-state index contributed by atoms with van der Waals surface area (Å²) in [6, 6.07) is 7.70. The molecule has 1 unspecified atom stereocenters. The van der Waals surface area contributed by atoms with Gasteiger partial charge >= 0.3 is 0 Å². The van der Waals surface area contributed by atoms with E-state index in [2.05, 4.69) is 15.3 Å². The second-order valence-electron chi connectivity index (χ2n) is 7.57. The Morgan fingerprint density at radius 3 is 2.59 bits per heavy atom. The van der Waals surface area contributed by atoms with Crippen molar-refractivity contribution in [2.75, 3.05) is 36.3 Å². The molecule has 1 fully saturated rings. The molecule has 1 aromatic carbocycles. The maximum Gasteiger partial charge on any atom is 0.188 e. The van der Waals surface area contributed by atoms with Crippen LogP contribution in [-0.2, 0) is 24.4 Å². The normalized spacial score (nSPS) is 17.4. The summed E-state index contributed by atoms with van der Waals surface area (Å²) >= 11 is 1.40. The third-order valence-electron chi connectivity index (χ3n) is 4.86. The van der Waals surface area contributed by atoms with Crippen molar-refractivity contribution in [3.05, 3.63) is 48.1 Å². The Hall–Kier alpha value is -2.74. The number of rotatable bonds is 10. The zero-order chi connectivity index (χ0) is 24.2. The first-order chi connectivity index (χ1) is 16.2. The molecular weight excluding hydrogens is 502 g/mol. The van der Waals surface area contributed by atoms with Crippen LogP contribution in [0.1, 0.15) is 6.42 Å². The van der Waals surface area contributed by atoms with E-state index >= 15 is 0 Å². The molecule has 4 rings (SSSR count). The lowest BCUT2D eigenvalue weighted by Gasteiger charge is -2.15. The number of nitrogens with zero attached hydrogens (tertiary/aromatic N) is 2. The van der Waals surface area contributed by atoms with E-state index in [1.807, 2.05) is 5.38 Å². The minimum Gasteiger partial charge on any atom is -0.487 e. The van der Waals surface area contributed by atoms with E-state index in [0.717, 1.165) is 6.26 Å². The predicted octanol–water partition coefficient (Wildman–Crippen LogP) is 3.06. The molecule has 0 aliphatic carbocycles. The van der Waals surface area contributed by atoms with Gasteiger partial charge in [-0.1, -0.05) is 0 Å². The minimum atomic E-state index is -3.30. The number of hydrogen-bond donors (Lipinski definition) is 1. The van der Waals surface area contributed by atoms with Gasteiger partial charge in [-0.15, -0.1) is 11.3 Å². The Balaban J connectivity index is 1.44. The van der Waals surface area contributed by atoms with Crippen LogP contribution in [0.15, 0.2) is 53.0 Å². The molecular formula is C21H23N3O7S3. The fourth-order valence-corrected chi connectivity index (χ4v) is 6.00. The number of sulfone groups is 2. The summed E-state index contributed by atoms with van der Waals surface area (Å²) in [6.45, 7) is 0.395. The second-order valence-corrected chi connectivity index (χ2v) is 12.7. The molecule has 182 valence electrons. The van der Waals surface area contributed by atoms with Crippen LogP contribution in [-0.4, -0.2) is 63.9 Å². The molecule has 34 heavy (non-hydrogen) atoms. The number of thiazole rings is 1. The van der Waals surface area contributed by atoms with Crippen LogP contribution >= 0.6 is 11.3 Å². The summed E-state index contributed by atoms with van der Waals surface area (Å²) in [5.41, 5.74) is 0. The highest BCUT2D eigenvalue weighted by Crippen LogP contribution is 2.32. The Kier molecular flexibility index (Phi) is 7.36. The molecule has 0 amide bonds. The topological polar surface area (TPSA) is 134 Å². The largest absolute Gasteiger partial charge is 0.487 e. The zero-order valence-electron chi connectivity index (χ0n) is 18.2. The first-order valence-electron chi connectivity index (χ1n) is 10.3. The summed E-state index contributed by atoms with van der Waals surface area (Å²) in [6.07, 6.45) is 4.48. The first kappa shape index (κ1) is 24.4. The fraction of sp³-hybridized carbons (Fsp3) is 0.333. The molecule has 0 bridgehead atoms. The van der Waals surface area contributed by atoms with E-state index in [4.69, 9.17) is 14.2 Å². The number of aromatic nitrogens is 2. The summed E-state index contributed by atoms with van der Waals surface area (Å²) in [7, 11) is -6.31. The molecule has 1 aliphatic rings. The highest BCUT2D eigenvalue weighted by molar-refractivity contribution is 7.91. The van der Waals surface area contributed by atoms with Gasteiger partial charge in [0, 0.05) is 23.9 Å².